The second-order valence-electron chi connectivity index (χ2n) is 3.71. The van der Waals surface area contributed by atoms with E-state index >= 15 is 0 Å². The normalized spacial score (nSPS) is 12.7. The summed E-state index contributed by atoms with van der Waals surface area (Å²) in [6.07, 6.45) is 1.43. The fourth-order valence-electron chi connectivity index (χ4n) is 1.47. The van der Waals surface area contributed by atoms with Gasteiger partial charge in [0.1, 0.15) is 11.8 Å². The van der Waals surface area contributed by atoms with E-state index in [0.717, 1.165) is 6.20 Å². The van der Waals surface area contributed by atoms with Gasteiger partial charge in [0.25, 0.3) is 5.91 Å². The van der Waals surface area contributed by atoms with Crippen molar-refractivity contribution in [1.29, 1.82) is 0 Å². The highest BCUT2D eigenvalue weighted by atomic mass is 19.2. The number of pyridine rings is 1. The van der Waals surface area contributed by atoms with Crippen molar-refractivity contribution in [3.8, 4) is 0 Å². The van der Waals surface area contributed by atoms with Crippen LogP contribution < -0.4 is 5.32 Å². The number of carbonyl (C=O) groups excluding carboxylic acids is 1. The predicted octanol–water partition coefficient (Wildman–Crippen LogP) is 1.81. The summed E-state index contributed by atoms with van der Waals surface area (Å²) in [5.41, 5.74) is 0.290. The van der Waals surface area contributed by atoms with E-state index in [1.807, 2.05) is 0 Å². The highest BCUT2D eigenvalue weighted by Gasteiger charge is 2.18. The number of hydrogen-bond acceptors (Lipinski definition) is 3. The van der Waals surface area contributed by atoms with Crippen molar-refractivity contribution in [3.63, 3.8) is 0 Å². The van der Waals surface area contributed by atoms with Gasteiger partial charge in [-0.2, -0.15) is 0 Å². The highest BCUT2D eigenvalue weighted by Crippen LogP contribution is 2.26. The first-order valence-corrected chi connectivity index (χ1v) is 5.19. The van der Waals surface area contributed by atoms with Crippen LogP contribution in [0.5, 0.6) is 0 Å². The number of amides is 1. The summed E-state index contributed by atoms with van der Waals surface area (Å²) in [6.45, 7) is 1.54. The van der Waals surface area contributed by atoms with Gasteiger partial charge in [-0.3, -0.25) is 4.79 Å². The molecule has 0 saturated carbocycles. The van der Waals surface area contributed by atoms with Crippen LogP contribution in [0, 0.1) is 11.6 Å². The van der Waals surface area contributed by atoms with Crippen molar-refractivity contribution < 1.29 is 18.3 Å². The fraction of sp³-hybridized carbons (Fsp3) is 0.273. The van der Waals surface area contributed by atoms with E-state index in [9.17, 15) is 13.6 Å². The predicted molar refractivity (Wildman–Crippen MR) is 61.1 cm³/mol. The Hall–Kier alpha value is -2.02. The number of halogens is 2. The molecule has 2 aromatic rings. The van der Waals surface area contributed by atoms with Crippen molar-refractivity contribution in [1.82, 2.24) is 9.97 Å². The molecule has 1 amide bonds. The average molecular weight is 255 g/mol. The van der Waals surface area contributed by atoms with Gasteiger partial charge in [0, 0.05) is 13.3 Å². The molecule has 0 saturated heterocycles. The monoisotopic (exact) mass is 255 g/mol. The zero-order chi connectivity index (χ0) is 13.3. The van der Waals surface area contributed by atoms with Gasteiger partial charge >= 0.3 is 0 Å². The van der Waals surface area contributed by atoms with E-state index < -0.39 is 23.6 Å². The molecule has 0 spiro atoms. The Labute approximate surface area is 101 Å². The summed E-state index contributed by atoms with van der Waals surface area (Å²) in [5.74, 6) is -2.58. The van der Waals surface area contributed by atoms with Gasteiger partial charge in [-0.15, -0.1) is 0 Å². The van der Waals surface area contributed by atoms with Crippen molar-refractivity contribution >= 4 is 22.6 Å². The number of anilines is 1. The minimum absolute atomic E-state index is 0.0911. The lowest BCUT2D eigenvalue weighted by Crippen LogP contribution is -2.26. The molecular weight excluding hydrogens is 244 g/mol. The molecule has 96 valence electrons. The van der Waals surface area contributed by atoms with Crippen LogP contribution in [0.25, 0.3) is 11.0 Å². The number of aromatic nitrogens is 2. The second-order valence-corrected chi connectivity index (χ2v) is 3.71. The van der Waals surface area contributed by atoms with Gasteiger partial charge in [-0.25, -0.2) is 13.8 Å². The highest BCUT2D eigenvalue weighted by molar-refractivity contribution is 6.02. The maximum absolute atomic E-state index is 13.6. The molecule has 2 heterocycles. The van der Waals surface area contributed by atoms with Gasteiger partial charge in [0.15, 0.2) is 11.6 Å². The van der Waals surface area contributed by atoms with Crippen molar-refractivity contribution in [2.45, 2.75) is 13.0 Å². The number of nitrogens with zero attached hydrogens (tertiary/aromatic N) is 1. The van der Waals surface area contributed by atoms with Crippen LogP contribution >= 0.6 is 0 Å². The molecule has 18 heavy (non-hydrogen) atoms. The summed E-state index contributed by atoms with van der Waals surface area (Å²) in [4.78, 5) is 17.9. The van der Waals surface area contributed by atoms with Crippen LogP contribution in [0.2, 0.25) is 0 Å². The molecule has 2 rings (SSSR count). The molecule has 2 N–H and O–H groups in total. The molecule has 1 unspecified atom stereocenters. The smallest absolute Gasteiger partial charge is 0.253 e. The lowest BCUT2D eigenvalue weighted by atomic mass is 10.2. The first kappa shape index (κ1) is 12.4. The van der Waals surface area contributed by atoms with Gasteiger partial charge in [-0.05, 0) is 6.92 Å². The third-order valence-electron chi connectivity index (χ3n) is 2.58. The molecule has 0 radical (unpaired) electrons. The summed E-state index contributed by atoms with van der Waals surface area (Å²) >= 11 is 0. The standard InChI is InChI=1S/C11H11F2N3O2/c1-5(18-2)11(17)16-7-4-15-10-8(7)9(13)6(12)3-14-10/h3-5H,1-2H3,(H,14,15)(H,16,17). The average Bonchev–Trinajstić information content (AvgIpc) is 2.76. The zero-order valence-corrected chi connectivity index (χ0v) is 9.75. The molecule has 7 heteroatoms. The summed E-state index contributed by atoms with van der Waals surface area (Å²) < 4.78 is 31.5. The van der Waals surface area contributed by atoms with Crippen LogP contribution in [0.15, 0.2) is 12.4 Å². The Bertz CT molecular complexity index is 597. The topological polar surface area (TPSA) is 67.0 Å². The van der Waals surface area contributed by atoms with Crippen LogP contribution in [-0.4, -0.2) is 29.1 Å². The molecule has 2 aromatic heterocycles. The van der Waals surface area contributed by atoms with Crippen LogP contribution in [-0.2, 0) is 9.53 Å². The Balaban J connectivity index is 2.40. The number of aromatic amines is 1. The van der Waals surface area contributed by atoms with E-state index in [1.54, 1.807) is 6.92 Å². The number of ether oxygens (including phenoxy) is 1. The molecule has 0 aliphatic rings. The van der Waals surface area contributed by atoms with E-state index in [4.69, 9.17) is 4.74 Å². The number of methoxy groups -OCH3 is 1. The Morgan fingerprint density at radius 3 is 2.94 bits per heavy atom. The lowest BCUT2D eigenvalue weighted by molar-refractivity contribution is -0.124. The van der Waals surface area contributed by atoms with E-state index in [1.165, 1.54) is 13.3 Å². The summed E-state index contributed by atoms with van der Waals surface area (Å²) in [7, 11) is 1.38. The third-order valence-corrected chi connectivity index (χ3v) is 2.58. The summed E-state index contributed by atoms with van der Waals surface area (Å²) in [5, 5.41) is 2.35. The van der Waals surface area contributed by atoms with E-state index in [-0.39, 0.29) is 16.7 Å². The fourth-order valence-corrected chi connectivity index (χ4v) is 1.47. The number of hydrogen-bond donors (Lipinski definition) is 2. The van der Waals surface area contributed by atoms with Crippen LogP contribution in [0.3, 0.4) is 0 Å². The zero-order valence-electron chi connectivity index (χ0n) is 9.75. The maximum Gasteiger partial charge on any atom is 0.253 e. The lowest BCUT2D eigenvalue weighted by Gasteiger charge is -2.09. The largest absolute Gasteiger partial charge is 0.372 e. The SMILES string of the molecule is COC(C)C(=O)Nc1c[nH]c2ncc(F)c(F)c12. The molecule has 0 aromatic carbocycles. The maximum atomic E-state index is 13.6. The van der Waals surface area contributed by atoms with Gasteiger partial charge in [0.2, 0.25) is 0 Å². The number of fused-ring (bicyclic) bond motifs is 1. The Morgan fingerprint density at radius 1 is 1.56 bits per heavy atom. The van der Waals surface area contributed by atoms with Crippen LogP contribution in [0.4, 0.5) is 14.5 Å². The first-order valence-electron chi connectivity index (χ1n) is 5.19. The quantitative estimate of drug-likeness (QED) is 0.879. The Morgan fingerprint density at radius 2 is 2.28 bits per heavy atom. The molecule has 0 bridgehead atoms. The van der Waals surface area contributed by atoms with Crippen LogP contribution in [0.1, 0.15) is 6.92 Å². The van der Waals surface area contributed by atoms with Gasteiger partial charge in [0.05, 0.1) is 17.3 Å². The molecular formula is C11H11F2N3O2. The van der Waals surface area contributed by atoms with Gasteiger partial charge < -0.3 is 15.0 Å². The molecule has 1 atom stereocenters. The summed E-state index contributed by atoms with van der Waals surface area (Å²) in [6, 6.07) is 0. The Kier molecular flexibility index (Phi) is 3.24. The first-order chi connectivity index (χ1) is 8.54. The van der Waals surface area contributed by atoms with E-state index in [2.05, 4.69) is 15.3 Å². The second kappa shape index (κ2) is 4.69. The van der Waals surface area contributed by atoms with E-state index in [0.29, 0.717) is 0 Å². The minimum Gasteiger partial charge on any atom is -0.372 e. The minimum atomic E-state index is -1.07. The van der Waals surface area contributed by atoms with Crippen molar-refractivity contribution in [3.05, 3.63) is 24.0 Å². The third kappa shape index (κ3) is 2.04. The molecule has 0 fully saturated rings. The molecule has 5 nitrogen and oxygen atoms in total. The number of nitrogens with one attached hydrogen (secondary N) is 2. The molecule has 0 aliphatic heterocycles. The van der Waals surface area contributed by atoms with Crippen molar-refractivity contribution in [2.75, 3.05) is 12.4 Å². The number of rotatable bonds is 3. The number of carbonyl (C=O) groups is 1. The van der Waals surface area contributed by atoms with Gasteiger partial charge in [-0.1, -0.05) is 0 Å². The van der Waals surface area contributed by atoms with Crippen molar-refractivity contribution in [2.24, 2.45) is 0 Å². The number of H-pyrrole nitrogens is 1. The molecule has 0 aliphatic carbocycles.